The van der Waals surface area contributed by atoms with E-state index >= 15 is 0 Å². The lowest BCUT2D eigenvalue weighted by atomic mass is 9.95. The zero-order valence-corrected chi connectivity index (χ0v) is 16.7. The Morgan fingerprint density at radius 2 is 1.93 bits per heavy atom. The molecule has 0 radical (unpaired) electrons. The largest absolute Gasteiger partial charge is 0.433 e. The summed E-state index contributed by atoms with van der Waals surface area (Å²) in [7, 11) is -3.98. The van der Waals surface area contributed by atoms with Gasteiger partial charge in [0.25, 0.3) is 0 Å². The van der Waals surface area contributed by atoms with E-state index in [1.54, 1.807) is 6.92 Å². The number of aromatic nitrogens is 3. The van der Waals surface area contributed by atoms with Crippen molar-refractivity contribution >= 4 is 15.7 Å². The minimum absolute atomic E-state index is 0.0353. The van der Waals surface area contributed by atoms with Gasteiger partial charge in [-0.2, -0.15) is 22.6 Å². The molecule has 0 aliphatic carbocycles. The molecule has 0 saturated carbocycles. The molecule has 4 rings (SSSR count). The maximum atomic E-state index is 13.6. The van der Waals surface area contributed by atoms with E-state index < -0.39 is 33.6 Å². The summed E-state index contributed by atoms with van der Waals surface area (Å²) in [6.45, 7) is 1.74. The third-order valence-corrected chi connectivity index (χ3v) is 6.96. The number of fused-ring (bicyclic) bond motifs is 1. The predicted molar refractivity (Wildman–Crippen MR) is 99.9 cm³/mol. The number of nitrogens with zero attached hydrogens (tertiary/aromatic N) is 4. The van der Waals surface area contributed by atoms with Crippen molar-refractivity contribution in [1.82, 2.24) is 18.9 Å². The quantitative estimate of drug-likeness (QED) is 0.580. The Kier molecular flexibility index (Phi) is 5.05. The van der Waals surface area contributed by atoms with Crippen LogP contribution in [0.3, 0.4) is 0 Å². The molecule has 1 aliphatic rings. The summed E-state index contributed by atoms with van der Waals surface area (Å²) in [5.41, 5.74) is -0.346. The minimum Gasteiger partial charge on any atom is -0.233 e. The molecule has 6 nitrogen and oxygen atoms in total. The second-order valence-electron chi connectivity index (χ2n) is 7.28. The zero-order chi connectivity index (χ0) is 21.7. The molecule has 1 aliphatic heterocycles. The maximum absolute atomic E-state index is 13.6. The molecular formula is C19H18F4N4O2S. The number of piperidine rings is 1. The second-order valence-corrected chi connectivity index (χ2v) is 9.22. The standard InChI is InChI=1S/C19H18F4N4O2S/c1-12-8-18-24-16(10-17(19(21,22)23)27(18)25-12)13-4-3-7-26(11-13)30(28,29)15-6-2-5-14(20)9-15/h2,5-6,8-10,13H,3-4,7,11H2,1H3/t13-/m1/s1. The summed E-state index contributed by atoms with van der Waals surface area (Å²) in [6.07, 6.45) is -3.70. The van der Waals surface area contributed by atoms with Crippen LogP contribution in [-0.4, -0.2) is 40.4 Å². The van der Waals surface area contributed by atoms with Crippen molar-refractivity contribution in [2.24, 2.45) is 0 Å². The van der Waals surface area contributed by atoms with Crippen LogP contribution in [0.5, 0.6) is 0 Å². The van der Waals surface area contributed by atoms with Crippen molar-refractivity contribution in [2.45, 2.75) is 36.8 Å². The van der Waals surface area contributed by atoms with Crippen LogP contribution >= 0.6 is 0 Å². The number of benzene rings is 1. The molecule has 1 fully saturated rings. The van der Waals surface area contributed by atoms with Gasteiger partial charge in [0.05, 0.1) is 10.6 Å². The number of sulfonamides is 1. The molecule has 1 saturated heterocycles. The van der Waals surface area contributed by atoms with E-state index in [-0.39, 0.29) is 29.3 Å². The van der Waals surface area contributed by atoms with E-state index in [9.17, 15) is 26.0 Å². The summed E-state index contributed by atoms with van der Waals surface area (Å²) in [5, 5.41) is 3.86. The Hall–Kier alpha value is -2.53. The Morgan fingerprint density at radius 1 is 1.17 bits per heavy atom. The van der Waals surface area contributed by atoms with E-state index in [1.165, 1.54) is 22.5 Å². The van der Waals surface area contributed by atoms with Crippen LogP contribution in [0.2, 0.25) is 0 Å². The van der Waals surface area contributed by atoms with Crippen LogP contribution in [0.15, 0.2) is 41.3 Å². The maximum Gasteiger partial charge on any atom is 0.433 e. The fourth-order valence-electron chi connectivity index (χ4n) is 3.70. The van der Waals surface area contributed by atoms with Crippen molar-refractivity contribution in [3.05, 3.63) is 59.3 Å². The number of hydrogen-bond acceptors (Lipinski definition) is 4. The lowest BCUT2D eigenvalue weighted by molar-refractivity contribution is -0.142. The van der Waals surface area contributed by atoms with Crippen LogP contribution in [0.1, 0.15) is 35.8 Å². The first kappa shape index (κ1) is 20.7. The van der Waals surface area contributed by atoms with Crippen LogP contribution in [0.25, 0.3) is 5.65 Å². The van der Waals surface area contributed by atoms with Gasteiger partial charge in [0, 0.05) is 30.8 Å². The van der Waals surface area contributed by atoms with Gasteiger partial charge in [-0.3, -0.25) is 0 Å². The Balaban J connectivity index is 1.71. The molecule has 160 valence electrons. The lowest BCUT2D eigenvalue weighted by Crippen LogP contribution is -2.39. The predicted octanol–water partition coefficient (Wildman–Crippen LogP) is 3.76. The molecule has 0 N–H and O–H groups in total. The molecule has 3 aromatic rings. The number of rotatable bonds is 3. The molecule has 3 heterocycles. The van der Waals surface area contributed by atoms with Gasteiger partial charge in [0.1, 0.15) is 11.5 Å². The van der Waals surface area contributed by atoms with E-state index in [2.05, 4.69) is 10.1 Å². The third-order valence-electron chi connectivity index (χ3n) is 5.10. The van der Waals surface area contributed by atoms with Crippen LogP contribution in [0, 0.1) is 12.7 Å². The molecule has 0 spiro atoms. The van der Waals surface area contributed by atoms with Crippen LogP contribution < -0.4 is 0 Å². The first-order chi connectivity index (χ1) is 14.1. The van der Waals surface area contributed by atoms with Gasteiger partial charge in [-0.25, -0.2) is 22.3 Å². The first-order valence-electron chi connectivity index (χ1n) is 9.26. The normalized spacial score (nSPS) is 18.8. The molecule has 1 aromatic carbocycles. The number of hydrogen-bond donors (Lipinski definition) is 0. The van der Waals surface area contributed by atoms with Crippen molar-refractivity contribution in [3.63, 3.8) is 0 Å². The van der Waals surface area contributed by atoms with Crippen LogP contribution in [-0.2, 0) is 16.2 Å². The zero-order valence-electron chi connectivity index (χ0n) is 15.9. The number of alkyl halides is 3. The number of aryl methyl sites for hydroxylation is 1. The highest BCUT2D eigenvalue weighted by Crippen LogP contribution is 2.34. The van der Waals surface area contributed by atoms with Gasteiger partial charge in [0.2, 0.25) is 10.0 Å². The molecule has 0 unspecified atom stereocenters. The van der Waals surface area contributed by atoms with E-state index in [0.29, 0.717) is 18.5 Å². The average Bonchev–Trinajstić information content (AvgIpc) is 3.06. The second kappa shape index (κ2) is 7.31. The lowest BCUT2D eigenvalue weighted by Gasteiger charge is -2.32. The van der Waals surface area contributed by atoms with Crippen molar-refractivity contribution in [3.8, 4) is 0 Å². The van der Waals surface area contributed by atoms with E-state index in [4.69, 9.17) is 0 Å². The topological polar surface area (TPSA) is 67.6 Å². The van der Waals surface area contributed by atoms with Crippen molar-refractivity contribution < 1.29 is 26.0 Å². The molecule has 1 atom stereocenters. The summed E-state index contributed by atoms with van der Waals surface area (Å²) in [5.74, 6) is -1.20. The van der Waals surface area contributed by atoms with E-state index in [0.717, 1.165) is 22.7 Å². The van der Waals surface area contributed by atoms with Gasteiger partial charge in [-0.05, 0) is 44.0 Å². The van der Waals surface area contributed by atoms with Crippen LogP contribution in [0.4, 0.5) is 17.6 Å². The summed E-state index contributed by atoms with van der Waals surface area (Å²) >= 11 is 0. The fraction of sp³-hybridized carbons (Fsp3) is 0.368. The summed E-state index contributed by atoms with van der Waals surface area (Å²) in [6, 6.07) is 7.05. The molecule has 30 heavy (non-hydrogen) atoms. The van der Waals surface area contributed by atoms with Gasteiger partial charge in [-0.1, -0.05) is 6.07 Å². The van der Waals surface area contributed by atoms with Gasteiger partial charge >= 0.3 is 6.18 Å². The first-order valence-corrected chi connectivity index (χ1v) is 10.7. The molecule has 11 heteroatoms. The Morgan fingerprint density at radius 3 is 2.63 bits per heavy atom. The Bertz CT molecular complexity index is 1210. The number of halogens is 4. The molecule has 0 amide bonds. The summed E-state index contributed by atoms with van der Waals surface area (Å²) in [4.78, 5) is 4.13. The summed E-state index contributed by atoms with van der Waals surface area (Å²) < 4.78 is 81.9. The average molecular weight is 442 g/mol. The van der Waals surface area contributed by atoms with Gasteiger partial charge in [0.15, 0.2) is 5.65 Å². The van der Waals surface area contributed by atoms with Crippen molar-refractivity contribution in [2.75, 3.05) is 13.1 Å². The monoisotopic (exact) mass is 442 g/mol. The van der Waals surface area contributed by atoms with Crippen molar-refractivity contribution in [1.29, 1.82) is 0 Å². The third kappa shape index (κ3) is 3.79. The minimum atomic E-state index is -4.64. The molecule has 2 aromatic heterocycles. The highest BCUT2D eigenvalue weighted by molar-refractivity contribution is 7.89. The Labute approximate surface area is 170 Å². The fourth-order valence-corrected chi connectivity index (χ4v) is 5.25. The van der Waals surface area contributed by atoms with E-state index in [1.807, 2.05) is 0 Å². The molecule has 0 bridgehead atoms. The smallest absolute Gasteiger partial charge is 0.233 e. The highest BCUT2D eigenvalue weighted by Gasteiger charge is 2.37. The molecular weight excluding hydrogens is 424 g/mol. The van der Waals surface area contributed by atoms with Gasteiger partial charge in [-0.15, -0.1) is 0 Å². The van der Waals surface area contributed by atoms with Gasteiger partial charge < -0.3 is 0 Å². The SMILES string of the molecule is Cc1cc2nc([C@@H]3CCCN(S(=O)(=O)c4cccc(F)c4)C3)cc(C(F)(F)F)n2n1. The highest BCUT2D eigenvalue weighted by atomic mass is 32.2.